The largest absolute Gasteiger partial charge is 0.357 e. The van der Waals surface area contributed by atoms with Gasteiger partial charge in [0.2, 0.25) is 0 Å². The maximum Gasteiger partial charge on any atom is 0.134 e. The fourth-order valence-electron chi connectivity index (χ4n) is 2.04. The van der Waals surface area contributed by atoms with Crippen molar-refractivity contribution >= 4 is 11.6 Å². The van der Waals surface area contributed by atoms with Gasteiger partial charge in [-0.25, -0.2) is 9.97 Å². The lowest BCUT2D eigenvalue weighted by Crippen LogP contribution is -2.46. The summed E-state index contributed by atoms with van der Waals surface area (Å²) in [7, 11) is 0. The molecule has 1 aliphatic rings. The van der Waals surface area contributed by atoms with Gasteiger partial charge in [-0.3, -0.25) is 0 Å². The molecule has 6 nitrogen and oxygen atoms in total. The quantitative estimate of drug-likeness (QED) is 0.783. The van der Waals surface area contributed by atoms with Gasteiger partial charge in [0.25, 0.3) is 0 Å². The van der Waals surface area contributed by atoms with E-state index in [9.17, 15) is 0 Å². The average Bonchev–Trinajstić information content (AvgIpc) is 2.45. The predicted molar refractivity (Wildman–Crippen MR) is 70.5 cm³/mol. The molecule has 0 unspecified atom stereocenters. The standard InChI is InChI=1S/C12H18N6/c1-2-17-5-7-18(8-6-17)12-9-11(14-4-3-13)15-10-16-12/h9-10H,2,4-8H2,1H3,(H,14,15,16). The van der Waals surface area contributed by atoms with Crippen LogP contribution in [0.5, 0.6) is 0 Å². The van der Waals surface area contributed by atoms with Gasteiger partial charge in [-0.05, 0) is 6.54 Å². The van der Waals surface area contributed by atoms with Gasteiger partial charge in [-0.15, -0.1) is 0 Å². The first-order valence-corrected chi connectivity index (χ1v) is 6.23. The summed E-state index contributed by atoms with van der Waals surface area (Å²) < 4.78 is 0. The fourth-order valence-corrected chi connectivity index (χ4v) is 2.04. The summed E-state index contributed by atoms with van der Waals surface area (Å²) in [6.07, 6.45) is 1.54. The molecule has 2 rings (SSSR count). The molecule has 6 heteroatoms. The third-order valence-corrected chi connectivity index (χ3v) is 3.14. The van der Waals surface area contributed by atoms with Crippen molar-refractivity contribution < 1.29 is 0 Å². The Morgan fingerprint density at radius 2 is 2.11 bits per heavy atom. The maximum absolute atomic E-state index is 8.53. The highest BCUT2D eigenvalue weighted by atomic mass is 15.3. The molecule has 1 N–H and O–H groups in total. The monoisotopic (exact) mass is 246 g/mol. The van der Waals surface area contributed by atoms with E-state index in [-0.39, 0.29) is 6.54 Å². The van der Waals surface area contributed by atoms with E-state index in [0.717, 1.165) is 38.5 Å². The van der Waals surface area contributed by atoms with E-state index in [0.29, 0.717) is 5.82 Å². The van der Waals surface area contributed by atoms with Crippen LogP contribution in [0, 0.1) is 11.3 Å². The first kappa shape index (κ1) is 12.6. The normalized spacial score (nSPS) is 16.3. The van der Waals surface area contributed by atoms with E-state index < -0.39 is 0 Å². The molecule has 1 aromatic heterocycles. The number of hydrogen-bond donors (Lipinski definition) is 1. The van der Waals surface area contributed by atoms with Gasteiger partial charge in [0.1, 0.15) is 24.5 Å². The molecule has 1 saturated heterocycles. The summed E-state index contributed by atoms with van der Waals surface area (Å²) in [5, 5.41) is 11.5. The lowest BCUT2D eigenvalue weighted by atomic mass is 10.3. The van der Waals surface area contributed by atoms with Gasteiger partial charge in [0, 0.05) is 32.2 Å². The lowest BCUT2D eigenvalue weighted by Gasteiger charge is -2.34. The van der Waals surface area contributed by atoms with Crippen LogP contribution in [0.3, 0.4) is 0 Å². The van der Waals surface area contributed by atoms with Crippen LogP contribution in [0.25, 0.3) is 0 Å². The number of piperazine rings is 1. The van der Waals surface area contributed by atoms with Crippen molar-refractivity contribution in [2.24, 2.45) is 0 Å². The van der Waals surface area contributed by atoms with Crippen LogP contribution in [-0.4, -0.2) is 54.1 Å². The molecule has 0 amide bonds. The van der Waals surface area contributed by atoms with Crippen LogP contribution in [-0.2, 0) is 0 Å². The number of nitrogens with one attached hydrogen (secondary N) is 1. The molecule has 0 radical (unpaired) electrons. The zero-order valence-electron chi connectivity index (χ0n) is 10.6. The Morgan fingerprint density at radius 1 is 1.33 bits per heavy atom. The molecule has 0 spiro atoms. The molecule has 0 aliphatic carbocycles. The highest BCUT2D eigenvalue weighted by molar-refractivity contribution is 5.49. The molecule has 1 fully saturated rings. The average molecular weight is 246 g/mol. The van der Waals surface area contributed by atoms with Gasteiger partial charge in [-0.1, -0.05) is 6.92 Å². The summed E-state index contributed by atoms with van der Waals surface area (Å²) in [4.78, 5) is 13.1. The molecule has 96 valence electrons. The number of nitriles is 1. The molecule has 0 bridgehead atoms. The van der Waals surface area contributed by atoms with Gasteiger partial charge < -0.3 is 15.1 Å². The minimum absolute atomic E-state index is 0.264. The van der Waals surface area contributed by atoms with Crippen LogP contribution >= 0.6 is 0 Å². The smallest absolute Gasteiger partial charge is 0.134 e. The van der Waals surface area contributed by atoms with Crippen molar-refractivity contribution in [3.63, 3.8) is 0 Å². The molecular formula is C12H18N6. The Kier molecular flexibility index (Phi) is 4.31. The molecule has 0 saturated carbocycles. The van der Waals surface area contributed by atoms with Gasteiger partial charge >= 0.3 is 0 Å². The summed E-state index contributed by atoms with van der Waals surface area (Å²) >= 11 is 0. The Labute approximate surface area is 107 Å². The van der Waals surface area contributed by atoms with E-state index in [1.165, 1.54) is 0 Å². The molecule has 0 aromatic carbocycles. The third kappa shape index (κ3) is 3.08. The molecule has 18 heavy (non-hydrogen) atoms. The maximum atomic E-state index is 8.53. The minimum atomic E-state index is 0.264. The van der Waals surface area contributed by atoms with Crippen molar-refractivity contribution in [1.82, 2.24) is 14.9 Å². The van der Waals surface area contributed by atoms with E-state index >= 15 is 0 Å². The zero-order chi connectivity index (χ0) is 12.8. The predicted octanol–water partition coefficient (Wildman–Crippen LogP) is 0.554. The van der Waals surface area contributed by atoms with E-state index in [1.807, 2.05) is 12.1 Å². The molecule has 2 heterocycles. The van der Waals surface area contributed by atoms with Crippen molar-refractivity contribution in [1.29, 1.82) is 5.26 Å². The van der Waals surface area contributed by atoms with Crippen LogP contribution in [0.2, 0.25) is 0 Å². The number of nitrogens with zero attached hydrogens (tertiary/aromatic N) is 5. The fraction of sp³-hybridized carbons (Fsp3) is 0.583. The molecular weight excluding hydrogens is 228 g/mol. The van der Waals surface area contributed by atoms with Gasteiger partial charge in [-0.2, -0.15) is 5.26 Å². The third-order valence-electron chi connectivity index (χ3n) is 3.14. The van der Waals surface area contributed by atoms with Crippen molar-refractivity contribution in [2.75, 3.05) is 49.5 Å². The Balaban J connectivity index is 1.99. The van der Waals surface area contributed by atoms with Gasteiger partial charge in [0.05, 0.1) is 6.07 Å². The summed E-state index contributed by atoms with van der Waals surface area (Å²) in [5.74, 6) is 1.64. The second-order valence-corrected chi connectivity index (χ2v) is 4.19. The van der Waals surface area contributed by atoms with Crippen molar-refractivity contribution in [3.05, 3.63) is 12.4 Å². The van der Waals surface area contributed by atoms with Crippen LogP contribution in [0.1, 0.15) is 6.92 Å². The Hall–Kier alpha value is -1.87. The number of anilines is 2. The first-order valence-electron chi connectivity index (χ1n) is 6.23. The SMILES string of the molecule is CCN1CCN(c2cc(NCC#N)ncn2)CC1. The van der Waals surface area contributed by atoms with Crippen molar-refractivity contribution in [3.8, 4) is 6.07 Å². The highest BCUT2D eigenvalue weighted by Crippen LogP contribution is 2.15. The lowest BCUT2D eigenvalue weighted by molar-refractivity contribution is 0.270. The molecule has 0 atom stereocenters. The second kappa shape index (κ2) is 6.17. The molecule has 1 aromatic rings. The van der Waals surface area contributed by atoms with Crippen LogP contribution in [0.4, 0.5) is 11.6 Å². The Bertz CT molecular complexity index is 419. The number of likely N-dealkylation sites (N-methyl/N-ethyl adjacent to an activating group) is 1. The molecule has 1 aliphatic heterocycles. The van der Waals surface area contributed by atoms with E-state index in [4.69, 9.17) is 5.26 Å². The highest BCUT2D eigenvalue weighted by Gasteiger charge is 2.16. The topological polar surface area (TPSA) is 68.1 Å². The van der Waals surface area contributed by atoms with E-state index in [1.54, 1.807) is 6.33 Å². The van der Waals surface area contributed by atoms with E-state index in [2.05, 4.69) is 32.0 Å². The summed E-state index contributed by atoms with van der Waals surface area (Å²) in [6.45, 7) is 7.67. The van der Waals surface area contributed by atoms with Crippen LogP contribution < -0.4 is 10.2 Å². The first-order chi connectivity index (χ1) is 8.83. The van der Waals surface area contributed by atoms with Gasteiger partial charge in [0.15, 0.2) is 0 Å². The zero-order valence-corrected chi connectivity index (χ0v) is 10.6. The minimum Gasteiger partial charge on any atom is -0.357 e. The van der Waals surface area contributed by atoms with Crippen LogP contribution in [0.15, 0.2) is 12.4 Å². The number of aromatic nitrogens is 2. The number of hydrogen-bond acceptors (Lipinski definition) is 6. The Morgan fingerprint density at radius 3 is 2.78 bits per heavy atom. The summed E-state index contributed by atoms with van der Waals surface area (Å²) in [6, 6.07) is 3.94. The summed E-state index contributed by atoms with van der Waals surface area (Å²) in [5.41, 5.74) is 0. The number of rotatable bonds is 4. The van der Waals surface area contributed by atoms with Crippen molar-refractivity contribution in [2.45, 2.75) is 6.92 Å². The second-order valence-electron chi connectivity index (χ2n) is 4.19.